The molecule has 0 bridgehead atoms. The smallest absolute Gasteiger partial charge is 0.0544 e. The highest BCUT2D eigenvalue weighted by Crippen LogP contribution is 2.09. The number of hydrogen-bond acceptors (Lipinski definition) is 4. The van der Waals surface area contributed by atoms with Crippen LogP contribution < -0.4 is 5.73 Å². The van der Waals surface area contributed by atoms with E-state index in [1.807, 2.05) is 18.0 Å². The normalized spacial score (nSPS) is 13.0. The van der Waals surface area contributed by atoms with Crippen molar-refractivity contribution < 1.29 is 0 Å². The molecule has 1 atom stereocenters. The van der Waals surface area contributed by atoms with E-state index in [4.69, 9.17) is 5.73 Å². The number of aromatic nitrogens is 1. The van der Waals surface area contributed by atoms with Crippen LogP contribution >= 0.6 is 11.8 Å². The summed E-state index contributed by atoms with van der Waals surface area (Å²) in [4.78, 5) is 6.77. The lowest BCUT2D eigenvalue weighted by Crippen LogP contribution is -2.29. The molecule has 0 radical (unpaired) electrons. The average molecular weight is 253 g/mol. The molecule has 0 spiro atoms. The van der Waals surface area contributed by atoms with Crippen LogP contribution in [0.15, 0.2) is 18.3 Å². The van der Waals surface area contributed by atoms with Crippen molar-refractivity contribution in [3.8, 4) is 0 Å². The van der Waals surface area contributed by atoms with Gasteiger partial charge in [0.2, 0.25) is 0 Å². The van der Waals surface area contributed by atoms with E-state index in [0.717, 1.165) is 17.8 Å². The maximum Gasteiger partial charge on any atom is 0.0544 e. The van der Waals surface area contributed by atoms with E-state index < -0.39 is 0 Å². The Labute approximate surface area is 109 Å². The van der Waals surface area contributed by atoms with Crippen molar-refractivity contribution in [2.24, 2.45) is 5.73 Å². The van der Waals surface area contributed by atoms with Gasteiger partial charge in [0.05, 0.1) is 5.69 Å². The Kier molecular flexibility index (Phi) is 6.55. The summed E-state index contributed by atoms with van der Waals surface area (Å²) < 4.78 is 0. The van der Waals surface area contributed by atoms with Crippen molar-refractivity contribution in [1.82, 2.24) is 9.88 Å². The summed E-state index contributed by atoms with van der Waals surface area (Å²) in [5.74, 6) is 1.21. The number of nitrogens with two attached hydrogens (primary N) is 1. The highest BCUT2D eigenvalue weighted by Gasteiger charge is 2.09. The molecule has 0 aromatic carbocycles. The van der Waals surface area contributed by atoms with Crippen molar-refractivity contribution in [3.63, 3.8) is 0 Å². The second-order valence-electron chi connectivity index (χ2n) is 4.41. The lowest BCUT2D eigenvalue weighted by Gasteiger charge is -2.24. The first-order chi connectivity index (χ1) is 8.17. The van der Waals surface area contributed by atoms with Crippen LogP contribution in [-0.4, -0.2) is 35.0 Å². The number of hydrogen-bond donors (Lipinski definition) is 1. The Morgan fingerprint density at radius 1 is 1.47 bits per heavy atom. The fourth-order valence-electron chi connectivity index (χ4n) is 1.59. The molecule has 4 heteroatoms. The van der Waals surface area contributed by atoms with Crippen LogP contribution in [0.5, 0.6) is 0 Å². The minimum absolute atomic E-state index is 0.563. The zero-order valence-corrected chi connectivity index (χ0v) is 11.8. The first kappa shape index (κ1) is 14.5. The third kappa shape index (κ3) is 5.06. The minimum atomic E-state index is 0.563. The van der Waals surface area contributed by atoms with Gasteiger partial charge in [0, 0.05) is 25.3 Å². The molecular weight excluding hydrogens is 230 g/mol. The van der Waals surface area contributed by atoms with Gasteiger partial charge in [0.25, 0.3) is 0 Å². The van der Waals surface area contributed by atoms with Gasteiger partial charge >= 0.3 is 0 Å². The number of rotatable bonds is 7. The summed E-state index contributed by atoms with van der Waals surface area (Å²) >= 11 is 1.90. The van der Waals surface area contributed by atoms with Crippen molar-refractivity contribution in [3.05, 3.63) is 29.6 Å². The van der Waals surface area contributed by atoms with E-state index in [2.05, 4.69) is 42.2 Å². The van der Waals surface area contributed by atoms with Gasteiger partial charge in [-0.3, -0.25) is 9.88 Å². The quantitative estimate of drug-likeness (QED) is 0.808. The molecule has 0 saturated heterocycles. The largest absolute Gasteiger partial charge is 0.326 e. The summed E-state index contributed by atoms with van der Waals surface area (Å²) in [7, 11) is 2.16. The molecule has 0 amide bonds. The van der Waals surface area contributed by atoms with Gasteiger partial charge in [-0.15, -0.1) is 0 Å². The van der Waals surface area contributed by atoms with E-state index in [1.165, 1.54) is 12.2 Å². The lowest BCUT2D eigenvalue weighted by atomic mass is 10.2. The van der Waals surface area contributed by atoms with Crippen LogP contribution in [0.4, 0.5) is 0 Å². The molecule has 1 heterocycles. The second kappa shape index (κ2) is 7.69. The van der Waals surface area contributed by atoms with Crippen molar-refractivity contribution >= 4 is 11.8 Å². The molecule has 1 rings (SSSR count). The number of pyridine rings is 1. The molecule has 0 fully saturated rings. The predicted molar refractivity (Wildman–Crippen MR) is 76.1 cm³/mol. The van der Waals surface area contributed by atoms with E-state index >= 15 is 0 Å². The number of thioether (sulfide) groups is 1. The van der Waals surface area contributed by atoms with Gasteiger partial charge in [-0.25, -0.2) is 0 Å². The zero-order valence-electron chi connectivity index (χ0n) is 11.0. The van der Waals surface area contributed by atoms with Crippen LogP contribution in [0, 0.1) is 0 Å². The fraction of sp³-hybridized carbons (Fsp3) is 0.615. The Hall–Kier alpha value is -0.580. The van der Waals surface area contributed by atoms with Gasteiger partial charge < -0.3 is 5.73 Å². The molecule has 1 aromatic heterocycles. The van der Waals surface area contributed by atoms with Gasteiger partial charge in [-0.1, -0.05) is 6.07 Å². The summed E-state index contributed by atoms with van der Waals surface area (Å²) in [5.41, 5.74) is 7.75. The van der Waals surface area contributed by atoms with Crippen LogP contribution in [-0.2, 0) is 13.1 Å². The Balaban J connectivity index is 2.46. The molecule has 1 unspecified atom stereocenters. The first-order valence-corrected chi connectivity index (χ1v) is 7.39. The Morgan fingerprint density at radius 3 is 2.76 bits per heavy atom. The molecular formula is C13H23N3S. The molecule has 1 aromatic rings. The van der Waals surface area contributed by atoms with Crippen molar-refractivity contribution in [2.75, 3.05) is 19.1 Å². The van der Waals surface area contributed by atoms with Gasteiger partial charge in [0.15, 0.2) is 0 Å². The molecule has 3 nitrogen and oxygen atoms in total. The van der Waals surface area contributed by atoms with E-state index in [1.54, 1.807) is 0 Å². The Morgan fingerprint density at radius 2 is 2.24 bits per heavy atom. The van der Waals surface area contributed by atoms with Crippen LogP contribution in [0.25, 0.3) is 0 Å². The van der Waals surface area contributed by atoms with Crippen molar-refractivity contribution in [2.45, 2.75) is 32.5 Å². The maximum atomic E-state index is 5.55. The van der Waals surface area contributed by atoms with Gasteiger partial charge in [-0.2, -0.15) is 11.8 Å². The molecule has 0 aliphatic carbocycles. The van der Waals surface area contributed by atoms with E-state index in [-0.39, 0.29) is 0 Å². The maximum absolute atomic E-state index is 5.55. The summed E-state index contributed by atoms with van der Waals surface area (Å²) in [5, 5.41) is 0. The van der Waals surface area contributed by atoms with Gasteiger partial charge in [0.1, 0.15) is 0 Å². The van der Waals surface area contributed by atoms with Crippen molar-refractivity contribution in [1.29, 1.82) is 0 Å². The predicted octanol–water partition coefficient (Wildman–Crippen LogP) is 2.11. The average Bonchev–Trinajstić information content (AvgIpc) is 2.36. The fourth-order valence-corrected chi connectivity index (χ4v) is 2.17. The van der Waals surface area contributed by atoms with Crippen LogP contribution in [0.1, 0.15) is 24.6 Å². The van der Waals surface area contributed by atoms with E-state index in [9.17, 15) is 0 Å². The summed E-state index contributed by atoms with van der Waals surface area (Å²) in [6.45, 7) is 3.73. The van der Waals surface area contributed by atoms with Crippen LogP contribution in [0.3, 0.4) is 0 Å². The third-order valence-electron chi connectivity index (χ3n) is 3.03. The molecule has 0 aliphatic rings. The zero-order chi connectivity index (χ0) is 12.7. The van der Waals surface area contributed by atoms with Crippen LogP contribution in [0.2, 0.25) is 0 Å². The third-order valence-corrected chi connectivity index (χ3v) is 3.67. The standard InChI is InChI=1S/C13H23N3S/c1-11(6-7-17-3)16(2)10-13-5-4-12(8-14)9-15-13/h4-5,9,11H,6-8,10,14H2,1-3H3. The first-order valence-electron chi connectivity index (χ1n) is 6.00. The Bertz CT molecular complexity index is 313. The summed E-state index contributed by atoms with van der Waals surface area (Å²) in [6.07, 6.45) is 5.24. The molecule has 96 valence electrons. The molecule has 0 saturated carbocycles. The molecule has 2 N–H and O–H groups in total. The monoisotopic (exact) mass is 253 g/mol. The highest BCUT2D eigenvalue weighted by atomic mass is 32.2. The summed E-state index contributed by atoms with van der Waals surface area (Å²) in [6, 6.07) is 4.72. The topological polar surface area (TPSA) is 42.1 Å². The van der Waals surface area contributed by atoms with Gasteiger partial charge in [-0.05, 0) is 44.0 Å². The highest BCUT2D eigenvalue weighted by molar-refractivity contribution is 7.98. The number of nitrogens with zero attached hydrogens (tertiary/aromatic N) is 2. The van der Waals surface area contributed by atoms with E-state index in [0.29, 0.717) is 12.6 Å². The lowest BCUT2D eigenvalue weighted by molar-refractivity contribution is 0.242. The SMILES string of the molecule is CSCCC(C)N(C)Cc1ccc(CN)cn1. The molecule has 17 heavy (non-hydrogen) atoms. The molecule has 0 aliphatic heterocycles. The second-order valence-corrected chi connectivity index (χ2v) is 5.39. The minimum Gasteiger partial charge on any atom is -0.326 e.